The van der Waals surface area contributed by atoms with Crippen molar-refractivity contribution in [1.29, 1.82) is 0 Å². The Bertz CT molecular complexity index is 1500. The van der Waals surface area contributed by atoms with E-state index in [0.29, 0.717) is 28.2 Å². The Hall–Kier alpha value is -4.08. The molecule has 10 heteroatoms. The number of nitrogens with zero attached hydrogens (tertiary/aromatic N) is 2. The van der Waals surface area contributed by atoms with Crippen LogP contribution < -0.4 is 10.3 Å². The molecule has 0 spiro atoms. The quantitative estimate of drug-likeness (QED) is 0.316. The van der Waals surface area contributed by atoms with Crippen LogP contribution in [0, 0.1) is 0 Å². The number of fused-ring (bicyclic) bond motifs is 1. The SMILES string of the molecule is COC(=O)c1cc2[nH]c(-c3ccc(Oc4cccc(C(F)(F)F)c4)cc3)c(C3CCCCC3)c(=O)n2n1. The van der Waals surface area contributed by atoms with Gasteiger partial charge >= 0.3 is 12.1 Å². The summed E-state index contributed by atoms with van der Waals surface area (Å²) in [4.78, 5) is 28.9. The van der Waals surface area contributed by atoms with E-state index in [9.17, 15) is 22.8 Å². The molecule has 1 N–H and O–H groups in total. The summed E-state index contributed by atoms with van der Waals surface area (Å²) < 4.78 is 50.7. The first kappa shape index (κ1) is 24.6. The highest BCUT2D eigenvalue weighted by molar-refractivity contribution is 5.88. The van der Waals surface area contributed by atoms with Crippen LogP contribution in [0.2, 0.25) is 0 Å². The molecule has 192 valence electrons. The summed E-state index contributed by atoms with van der Waals surface area (Å²) >= 11 is 0. The molecule has 37 heavy (non-hydrogen) atoms. The van der Waals surface area contributed by atoms with Crippen LogP contribution in [0.25, 0.3) is 16.9 Å². The molecule has 4 aromatic rings. The molecule has 1 aliphatic carbocycles. The lowest BCUT2D eigenvalue weighted by molar-refractivity contribution is -0.137. The maximum absolute atomic E-state index is 13.6. The van der Waals surface area contributed by atoms with Crippen molar-refractivity contribution in [2.45, 2.75) is 44.2 Å². The van der Waals surface area contributed by atoms with E-state index in [2.05, 4.69) is 10.1 Å². The molecule has 5 rings (SSSR count). The first-order valence-corrected chi connectivity index (χ1v) is 11.9. The van der Waals surface area contributed by atoms with E-state index >= 15 is 0 Å². The van der Waals surface area contributed by atoms with Crippen molar-refractivity contribution in [3.05, 3.63) is 81.8 Å². The fraction of sp³-hybridized carbons (Fsp3) is 0.296. The molecule has 1 fully saturated rings. The van der Waals surface area contributed by atoms with Crippen molar-refractivity contribution < 1.29 is 27.4 Å². The predicted octanol–water partition coefficient (Wildman–Crippen LogP) is 6.34. The van der Waals surface area contributed by atoms with E-state index in [1.165, 1.54) is 29.8 Å². The molecule has 1 aliphatic rings. The molecule has 2 aromatic heterocycles. The van der Waals surface area contributed by atoms with Gasteiger partial charge in [-0.1, -0.05) is 25.3 Å². The monoisotopic (exact) mass is 511 g/mol. The topological polar surface area (TPSA) is 85.7 Å². The van der Waals surface area contributed by atoms with E-state index < -0.39 is 17.7 Å². The summed E-state index contributed by atoms with van der Waals surface area (Å²) in [6.07, 6.45) is 0.398. The third-order valence-corrected chi connectivity index (χ3v) is 6.60. The number of hydrogen-bond acceptors (Lipinski definition) is 5. The van der Waals surface area contributed by atoms with Crippen molar-refractivity contribution in [3.63, 3.8) is 0 Å². The van der Waals surface area contributed by atoms with Gasteiger partial charge in [0.15, 0.2) is 5.69 Å². The first-order valence-electron chi connectivity index (χ1n) is 11.9. The number of halogens is 3. The lowest BCUT2D eigenvalue weighted by Crippen LogP contribution is -2.25. The molecule has 1 saturated carbocycles. The number of hydrogen-bond donors (Lipinski definition) is 1. The molecular weight excluding hydrogens is 487 g/mol. The van der Waals surface area contributed by atoms with Gasteiger partial charge in [0.2, 0.25) is 0 Å². The molecule has 0 unspecified atom stereocenters. The summed E-state index contributed by atoms with van der Waals surface area (Å²) in [5.74, 6) is -0.199. The third kappa shape index (κ3) is 4.96. The molecule has 0 radical (unpaired) electrons. The number of H-pyrrole nitrogens is 1. The Labute approximate surface area is 209 Å². The highest BCUT2D eigenvalue weighted by Gasteiger charge is 2.30. The van der Waals surface area contributed by atoms with Gasteiger partial charge in [0, 0.05) is 11.6 Å². The van der Waals surface area contributed by atoms with Crippen molar-refractivity contribution in [2.24, 2.45) is 0 Å². The maximum atomic E-state index is 13.6. The summed E-state index contributed by atoms with van der Waals surface area (Å²) in [5.41, 5.74) is 1.20. The Morgan fingerprint density at radius 2 is 1.76 bits per heavy atom. The van der Waals surface area contributed by atoms with Gasteiger partial charge < -0.3 is 14.5 Å². The number of alkyl halides is 3. The number of esters is 1. The number of carbonyl (C=O) groups is 1. The molecule has 0 aliphatic heterocycles. The number of aromatic nitrogens is 3. The van der Waals surface area contributed by atoms with Crippen molar-refractivity contribution >= 4 is 11.6 Å². The summed E-state index contributed by atoms with van der Waals surface area (Å²) in [6, 6.07) is 12.9. The highest BCUT2D eigenvalue weighted by Crippen LogP contribution is 2.37. The maximum Gasteiger partial charge on any atom is 0.416 e. The Morgan fingerprint density at radius 1 is 1.03 bits per heavy atom. The van der Waals surface area contributed by atoms with E-state index in [1.807, 2.05) is 0 Å². The number of methoxy groups -OCH3 is 1. The van der Waals surface area contributed by atoms with Crippen LogP contribution in [0.15, 0.2) is 59.4 Å². The van der Waals surface area contributed by atoms with E-state index in [0.717, 1.165) is 44.2 Å². The number of rotatable bonds is 5. The number of nitrogens with one attached hydrogen (secondary N) is 1. The van der Waals surface area contributed by atoms with Crippen molar-refractivity contribution in [2.75, 3.05) is 7.11 Å². The minimum atomic E-state index is -4.47. The minimum Gasteiger partial charge on any atom is -0.464 e. The number of ether oxygens (including phenoxy) is 2. The van der Waals surface area contributed by atoms with Crippen LogP contribution in [0.1, 0.15) is 59.6 Å². The van der Waals surface area contributed by atoms with Crippen molar-refractivity contribution in [1.82, 2.24) is 14.6 Å². The summed E-state index contributed by atoms with van der Waals surface area (Å²) in [6.45, 7) is 0. The average molecular weight is 512 g/mol. The molecule has 0 atom stereocenters. The second-order valence-corrected chi connectivity index (χ2v) is 9.02. The van der Waals surface area contributed by atoms with Gasteiger partial charge in [-0.2, -0.15) is 22.8 Å². The Kier molecular flexibility index (Phi) is 6.49. The van der Waals surface area contributed by atoms with Gasteiger partial charge in [-0.3, -0.25) is 4.79 Å². The zero-order valence-electron chi connectivity index (χ0n) is 20.0. The Morgan fingerprint density at radius 3 is 2.43 bits per heavy atom. The standard InChI is InChI=1S/C27H24F3N3O4/c1-36-26(35)21-15-22-31-24(23(25(34)33(22)32-21)16-6-3-2-4-7-16)17-10-12-19(13-11-17)37-20-9-5-8-18(14-20)27(28,29)30/h5,8-16,31H,2-4,6-7H2,1H3. The Balaban J connectivity index is 1.53. The van der Waals surface area contributed by atoms with Crippen LogP contribution in [-0.2, 0) is 10.9 Å². The normalized spacial score (nSPS) is 14.6. The number of aromatic amines is 1. The smallest absolute Gasteiger partial charge is 0.416 e. The molecule has 0 bridgehead atoms. The van der Waals surface area contributed by atoms with Crippen LogP contribution in [0.4, 0.5) is 13.2 Å². The van der Waals surface area contributed by atoms with Gasteiger partial charge in [0.1, 0.15) is 17.1 Å². The second-order valence-electron chi connectivity index (χ2n) is 9.02. The van der Waals surface area contributed by atoms with Gasteiger partial charge in [0.25, 0.3) is 5.56 Å². The van der Waals surface area contributed by atoms with Gasteiger partial charge in [-0.25, -0.2) is 4.79 Å². The van der Waals surface area contributed by atoms with E-state index in [-0.39, 0.29) is 22.9 Å². The molecule has 2 aromatic carbocycles. The lowest BCUT2D eigenvalue weighted by atomic mass is 9.83. The molecule has 0 amide bonds. The fourth-order valence-corrected chi connectivity index (χ4v) is 4.81. The van der Waals surface area contributed by atoms with Crippen LogP contribution in [0.3, 0.4) is 0 Å². The van der Waals surface area contributed by atoms with Crippen molar-refractivity contribution in [3.8, 4) is 22.8 Å². The largest absolute Gasteiger partial charge is 0.464 e. The second kappa shape index (κ2) is 9.76. The number of carbonyl (C=O) groups excluding carboxylic acids is 1. The molecule has 7 nitrogen and oxygen atoms in total. The van der Waals surface area contributed by atoms with Gasteiger partial charge in [0.05, 0.1) is 18.4 Å². The first-order chi connectivity index (χ1) is 17.7. The lowest BCUT2D eigenvalue weighted by Gasteiger charge is -2.23. The van der Waals surface area contributed by atoms with Crippen LogP contribution in [0.5, 0.6) is 11.5 Å². The van der Waals surface area contributed by atoms with Crippen LogP contribution >= 0.6 is 0 Å². The van der Waals surface area contributed by atoms with Crippen LogP contribution in [-0.4, -0.2) is 27.7 Å². The predicted molar refractivity (Wildman–Crippen MR) is 130 cm³/mol. The minimum absolute atomic E-state index is 0.0208. The summed E-state index contributed by atoms with van der Waals surface area (Å²) in [7, 11) is 1.25. The van der Waals surface area contributed by atoms with E-state index in [1.54, 1.807) is 24.3 Å². The van der Waals surface area contributed by atoms with Gasteiger partial charge in [-0.15, -0.1) is 0 Å². The summed E-state index contributed by atoms with van der Waals surface area (Å²) in [5, 5.41) is 4.16. The zero-order valence-corrected chi connectivity index (χ0v) is 20.0. The fourth-order valence-electron chi connectivity index (χ4n) is 4.81. The average Bonchev–Trinajstić information content (AvgIpc) is 3.34. The zero-order chi connectivity index (χ0) is 26.2. The molecule has 0 saturated heterocycles. The number of benzene rings is 2. The van der Waals surface area contributed by atoms with Gasteiger partial charge in [-0.05, 0) is 66.8 Å². The van der Waals surface area contributed by atoms with E-state index in [4.69, 9.17) is 9.47 Å². The highest BCUT2D eigenvalue weighted by atomic mass is 19.4. The molecule has 2 heterocycles. The third-order valence-electron chi connectivity index (χ3n) is 6.60. The molecular formula is C27H24F3N3O4.